The molecular weight excluding hydrogens is 152 g/mol. The maximum Gasteiger partial charge on any atom is 0.304 e. The van der Waals surface area contributed by atoms with Gasteiger partial charge in [0.15, 0.2) is 0 Å². The van der Waals surface area contributed by atoms with Crippen LogP contribution in [0.5, 0.6) is 0 Å². The normalized spacial score (nSPS) is 8.75. The number of carbonyl (C=O) groups is 1. The van der Waals surface area contributed by atoms with Gasteiger partial charge in [0.05, 0.1) is 6.42 Å². The first-order chi connectivity index (χ1) is 5.77. The molecule has 0 aromatic carbocycles. The standard InChI is InChI=1S/C10H16O2/c1-2-3-4-5-6-7-8-9-10(11)12/h2-5,8-9H2,1H3,(H,11,12). The minimum absolute atomic E-state index is 0.167. The molecule has 0 spiro atoms. The summed E-state index contributed by atoms with van der Waals surface area (Å²) >= 11 is 0. The molecule has 0 fully saturated rings. The van der Waals surface area contributed by atoms with E-state index >= 15 is 0 Å². The van der Waals surface area contributed by atoms with Crippen LogP contribution in [0.2, 0.25) is 0 Å². The van der Waals surface area contributed by atoms with Crippen molar-refractivity contribution >= 4 is 5.97 Å². The second kappa shape index (κ2) is 8.13. The van der Waals surface area contributed by atoms with Crippen molar-refractivity contribution in [2.24, 2.45) is 0 Å². The Morgan fingerprint density at radius 3 is 2.50 bits per heavy atom. The van der Waals surface area contributed by atoms with Gasteiger partial charge in [0.1, 0.15) is 0 Å². The van der Waals surface area contributed by atoms with Crippen LogP contribution >= 0.6 is 0 Å². The van der Waals surface area contributed by atoms with Gasteiger partial charge < -0.3 is 5.11 Å². The number of rotatable bonds is 5. The fourth-order valence-corrected chi connectivity index (χ4v) is 0.810. The summed E-state index contributed by atoms with van der Waals surface area (Å²) in [6.45, 7) is 2.15. The lowest BCUT2D eigenvalue weighted by atomic mass is 10.2. The van der Waals surface area contributed by atoms with Crippen LogP contribution < -0.4 is 0 Å². The van der Waals surface area contributed by atoms with Gasteiger partial charge in [-0.05, 0) is 6.42 Å². The molecule has 0 rings (SSSR count). The minimum atomic E-state index is -0.766. The van der Waals surface area contributed by atoms with E-state index < -0.39 is 5.97 Å². The first kappa shape index (κ1) is 11.0. The summed E-state index contributed by atoms with van der Waals surface area (Å²) in [6.07, 6.45) is 5.12. The fourth-order valence-electron chi connectivity index (χ4n) is 0.810. The third-order valence-electron chi connectivity index (χ3n) is 1.49. The number of carboxylic acid groups (broad SMARTS) is 1. The molecule has 0 atom stereocenters. The number of aliphatic carboxylic acids is 1. The van der Waals surface area contributed by atoms with Crippen LogP contribution in [0, 0.1) is 11.8 Å². The van der Waals surface area contributed by atoms with E-state index in [2.05, 4.69) is 18.8 Å². The molecule has 0 heterocycles. The van der Waals surface area contributed by atoms with Crippen LogP contribution in [0.15, 0.2) is 0 Å². The van der Waals surface area contributed by atoms with E-state index in [0.29, 0.717) is 6.42 Å². The maximum absolute atomic E-state index is 10.1. The third-order valence-corrected chi connectivity index (χ3v) is 1.49. The van der Waals surface area contributed by atoms with E-state index in [1.54, 1.807) is 0 Å². The topological polar surface area (TPSA) is 37.3 Å². The molecule has 2 nitrogen and oxygen atoms in total. The van der Waals surface area contributed by atoms with Gasteiger partial charge in [-0.2, -0.15) is 0 Å². The molecule has 0 unspecified atom stereocenters. The van der Waals surface area contributed by atoms with Crippen molar-refractivity contribution < 1.29 is 9.90 Å². The molecule has 12 heavy (non-hydrogen) atoms. The highest BCUT2D eigenvalue weighted by atomic mass is 16.4. The molecule has 0 radical (unpaired) electrons. The molecule has 68 valence electrons. The minimum Gasteiger partial charge on any atom is -0.481 e. The van der Waals surface area contributed by atoms with Crippen LogP contribution in [-0.2, 0) is 4.79 Å². The highest BCUT2D eigenvalue weighted by molar-refractivity contribution is 5.66. The van der Waals surface area contributed by atoms with Crippen molar-refractivity contribution in [3.05, 3.63) is 0 Å². The van der Waals surface area contributed by atoms with Crippen LogP contribution in [0.3, 0.4) is 0 Å². The first-order valence-corrected chi connectivity index (χ1v) is 4.45. The lowest BCUT2D eigenvalue weighted by Crippen LogP contribution is -1.91. The van der Waals surface area contributed by atoms with E-state index in [9.17, 15) is 4.79 Å². The van der Waals surface area contributed by atoms with Crippen molar-refractivity contribution in [3.8, 4) is 11.8 Å². The van der Waals surface area contributed by atoms with Gasteiger partial charge in [0.25, 0.3) is 0 Å². The van der Waals surface area contributed by atoms with Crippen LogP contribution in [-0.4, -0.2) is 11.1 Å². The highest BCUT2D eigenvalue weighted by Crippen LogP contribution is 1.97. The molecule has 0 saturated carbocycles. The van der Waals surface area contributed by atoms with E-state index in [-0.39, 0.29) is 6.42 Å². The predicted molar refractivity (Wildman–Crippen MR) is 48.8 cm³/mol. The van der Waals surface area contributed by atoms with E-state index in [0.717, 1.165) is 12.8 Å². The summed E-state index contributed by atoms with van der Waals surface area (Å²) in [6, 6.07) is 0. The Bertz CT molecular complexity index is 174. The molecular formula is C10H16O2. The Morgan fingerprint density at radius 2 is 1.92 bits per heavy atom. The van der Waals surface area contributed by atoms with Crippen molar-refractivity contribution in [1.29, 1.82) is 0 Å². The zero-order valence-electron chi connectivity index (χ0n) is 7.60. The Morgan fingerprint density at radius 1 is 1.25 bits per heavy atom. The predicted octanol–water partition coefficient (Wildman–Crippen LogP) is 2.43. The second-order valence-electron chi connectivity index (χ2n) is 2.70. The Balaban J connectivity index is 3.17. The van der Waals surface area contributed by atoms with E-state index in [1.165, 1.54) is 12.8 Å². The first-order valence-electron chi connectivity index (χ1n) is 4.45. The monoisotopic (exact) mass is 168 g/mol. The van der Waals surface area contributed by atoms with Gasteiger partial charge in [-0.25, -0.2) is 0 Å². The maximum atomic E-state index is 10.1. The Hall–Kier alpha value is -0.970. The number of hydrogen-bond donors (Lipinski definition) is 1. The van der Waals surface area contributed by atoms with Gasteiger partial charge in [0.2, 0.25) is 0 Å². The SMILES string of the molecule is CCCCCC#CCCC(=O)O. The summed E-state index contributed by atoms with van der Waals surface area (Å²) in [5, 5.41) is 8.29. The molecule has 0 aliphatic heterocycles. The van der Waals surface area contributed by atoms with Gasteiger partial charge in [-0.15, -0.1) is 11.8 Å². The average Bonchev–Trinajstić information content (AvgIpc) is 2.02. The van der Waals surface area contributed by atoms with Crippen molar-refractivity contribution in [3.63, 3.8) is 0 Å². The molecule has 0 saturated heterocycles. The van der Waals surface area contributed by atoms with Gasteiger partial charge in [0, 0.05) is 12.8 Å². The zero-order valence-corrected chi connectivity index (χ0v) is 7.60. The second-order valence-corrected chi connectivity index (χ2v) is 2.70. The number of hydrogen-bond acceptors (Lipinski definition) is 1. The quantitative estimate of drug-likeness (QED) is 0.505. The average molecular weight is 168 g/mol. The van der Waals surface area contributed by atoms with Crippen LogP contribution in [0.25, 0.3) is 0 Å². The molecule has 0 aliphatic rings. The molecule has 0 bridgehead atoms. The van der Waals surface area contributed by atoms with Gasteiger partial charge in [-0.1, -0.05) is 19.8 Å². The zero-order chi connectivity index (χ0) is 9.23. The lowest BCUT2D eigenvalue weighted by molar-refractivity contribution is -0.136. The summed E-state index contributed by atoms with van der Waals surface area (Å²) in [7, 11) is 0. The summed E-state index contributed by atoms with van der Waals surface area (Å²) in [4.78, 5) is 10.1. The molecule has 1 N–H and O–H groups in total. The molecule has 0 aromatic heterocycles. The van der Waals surface area contributed by atoms with Gasteiger partial charge in [-0.3, -0.25) is 4.79 Å². The summed E-state index contributed by atoms with van der Waals surface area (Å²) in [5.74, 6) is 5.04. The molecule has 0 amide bonds. The summed E-state index contributed by atoms with van der Waals surface area (Å²) < 4.78 is 0. The van der Waals surface area contributed by atoms with Crippen LogP contribution in [0.4, 0.5) is 0 Å². The highest BCUT2D eigenvalue weighted by Gasteiger charge is 1.90. The van der Waals surface area contributed by atoms with Crippen molar-refractivity contribution in [1.82, 2.24) is 0 Å². The Kier molecular flexibility index (Phi) is 7.47. The smallest absolute Gasteiger partial charge is 0.304 e. The molecule has 2 heteroatoms. The van der Waals surface area contributed by atoms with Crippen molar-refractivity contribution in [2.75, 3.05) is 0 Å². The Labute approximate surface area is 74.0 Å². The lowest BCUT2D eigenvalue weighted by Gasteiger charge is -1.88. The third kappa shape index (κ3) is 9.03. The van der Waals surface area contributed by atoms with E-state index in [4.69, 9.17) is 5.11 Å². The molecule has 0 aliphatic carbocycles. The largest absolute Gasteiger partial charge is 0.481 e. The van der Waals surface area contributed by atoms with Crippen LogP contribution in [0.1, 0.15) is 45.4 Å². The molecule has 0 aromatic rings. The fraction of sp³-hybridized carbons (Fsp3) is 0.700. The summed E-state index contributed by atoms with van der Waals surface area (Å²) in [5.41, 5.74) is 0. The van der Waals surface area contributed by atoms with Crippen molar-refractivity contribution in [2.45, 2.75) is 45.4 Å². The number of carboxylic acids is 1. The number of unbranched alkanes of at least 4 members (excludes halogenated alkanes) is 3. The van der Waals surface area contributed by atoms with Gasteiger partial charge >= 0.3 is 5.97 Å². The van der Waals surface area contributed by atoms with E-state index in [1.807, 2.05) is 0 Å².